The SMILES string of the molecule is COCC(C)OCC(O)CNCCOC(C)C. The minimum atomic E-state index is -0.492. The van der Waals surface area contributed by atoms with Crippen molar-refractivity contribution in [1.29, 1.82) is 0 Å². The molecule has 2 atom stereocenters. The van der Waals surface area contributed by atoms with Gasteiger partial charge in [-0.15, -0.1) is 0 Å². The number of nitrogens with one attached hydrogen (secondary N) is 1. The van der Waals surface area contributed by atoms with E-state index >= 15 is 0 Å². The van der Waals surface area contributed by atoms with Crippen LogP contribution in [0.3, 0.4) is 0 Å². The fourth-order valence-corrected chi connectivity index (χ4v) is 1.25. The molecule has 0 radical (unpaired) electrons. The maximum atomic E-state index is 9.61. The van der Waals surface area contributed by atoms with Gasteiger partial charge in [0.15, 0.2) is 0 Å². The normalized spacial score (nSPS) is 15.2. The van der Waals surface area contributed by atoms with Gasteiger partial charge in [-0.3, -0.25) is 0 Å². The second kappa shape index (κ2) is 10.9. The minimum absolute atomic E-state index is 0.0129. The molecule has 0 aliphatic carbocycles. The topological polar surface area (TPSA) is 60.0 Å². The molecule has 5 heteroatoms. The van der Waals surface area contributed by atoms with Crippen LogP contribution < -0.4 is 5.32 Å². The maximum Gasteiger partial charge on any atom is 0.0897 e. The lowest BCUT2D eigenvalue weighted by Crippen LogP contribution is -2.34. The highest BCUT2D eigenvalue weighted by Crippen LogP contribution is 1.93. The van der Waals surface area contributed by atoms with Crippen molar-refractivity contribution >= 4 is 0 Å². The Kier molecular flexibility index (Phi) is 10.8. The highest BCUT2D eigenvalue weighted by atomic mass is 16.5. The van der Waals surface area contributed by atoms with Crippen LogP contribution in [0.4, 0.5) is 0 Å². The Morgan fingerprint density at radius 3 is 2.41 bits per heavy atom. The van der Waals surface area contributed by atoms with Crippen molar-refractivity contribution in [2.45, 2.75) is 39.1 Å². The number of methoxy groups -OCH3 is 1. The standard InChI is InChI=1S/C12H27NO4/c1-10(2)16-6-5-13-7-12(14)9-17-11(3)8-15-4/h10-14H,5-9H2,1-4H3. The molecule has 0 aromatic carbocycles. The van der Waals surface area contributed by atoms with E-state index in [0.29, 0.717) is 26.4 Å². The predicted octanol–water partition coefficient (Wildman–Crippen LogP) is 0.413. The van der Waals surface area contributed by atoms with Gasteiger partial charge < -0.3 is 24.6 Å². The largest absolute Gasteiger partial charge is 0.389 e. The Morgan fingerprint density at radius 1 is 1.12 bits per heavy atom. The number of ether oxygens (including phenoxy) is 3. The van der Waals surface area contributed by atoms with Crippen molar-refractivity contribution < 1.29 is 19.3 Å². The lowest BCUT2D eigenvalue weighted by atomic mass is 10.3. The molecule has 0 aromatic rings. The lowest BCUT2D eigenvalue weighted by Gasteiger charge is -2.16. The Balaban J connectivity index is 3.31. The van der Waals surface area contributed by atoms with Crippen LogP contribution >= 0.6 is 0 Å². The summed E-state index contributed by atoms with van der Waals surface area (Å²) in [6.07, 6.45) is -0.229. The molecule has 0 heterocycles. The average Bonchev–Trinajstić information content (AvgIpc) is 2.26. The summed E-state index contributed by atoms with van der Waals surface area (Å²) >= 11 is 0. The highest BCUT2D eigenvalue weighted by Gasteiger charge is 2.07. The van der Waals surface area contributed by atoms with Gasteiger partial charge in [-0.2, -0.15) is 0 Å². The molecule has 0 fully saturated rings. The monoisotopic (exact) mass is 249 g/mol. The first-order chi connectivity index (χ1) is 8.06. The van der Waals surface area contributed by atoms with Crippen molar-refractivity contribution in [3.05, 3.63) is 0 Å². The van der Waals surface area contributed by atoms with E-state index in [1.165, 1.54) is 0 Å². The molecule has 17 heavy (non-hydrogen) atoms. The summed E-state index contributed by atoms with van der Waals surface area (Å²) in [6.45, 7) is 8.69. The number of hydrogen-bond donors (Lipinski definition) is 2. The molecule has 0 spiro atoms. The molecule has 2 N–H and O–H groups in total. The molecule has 0 amide bonds. The summed E-state index contributed by atoms with van der Waals surface area (Å²) in [6, 6.07) is 0. The number of hydrogen-bond acceptors (Lipinski definition) is 5. The molecule has 0 aliphatic rings. The molecular formula is C12H27NO4. The van der Waals surface area contributed by atoms with Crippen LogP contribution in [-0.2, 0) is 14.2 Å². The fourth-order valence-electron chi connectivity index (χ4n) is 1.25. The first-order valence-electron chi connectivity index (χ1n) is 6.17. The van der Waals surface area contributed by atoms with E-state index in [1.54, 1.807) is 7.11 Å². The lowest BCUT2D eigenvalue weighted by molar-refractivity contribution is -0.0314. The molecule has 0 saturated heterocycles. The van der Waals surface area contributed by atoms with Crippen LogP contribution in [0.25, 0.3) is 0 Å². The summed E-state index contributed by atoms with van der Waals surface area (Å²) in [4.78, 5) is 0. The third kappa shape index (κ3) is 12.1. The van der Waals surface area contributed by atoms with E-state index in [9.17, 15) is 5.11 Å². The quantitative estimate of drug-likeness (QED) is 0.520. The van der Waals surface area contributed by atoms with E-state index in [-0.39, 0.29) is 12.2 Å². The van der Waals surface area contributed by atoms with Crippen LogP contribution in [0.2, 0.25) is 0 Å². The summed E-state index contributed by atoms with van der Waals surface area (Å²) in [5.74, 6) is 0. The smallest absolute Gasteiger partial charge is 0.0897 e. The van der Waals surface area contributed by atoms with E-state index in [2.05, 4.69) is 5.32 Å². The summed E-state index contributed by atoms with van der Waals surface area (Å²) < 4.78 is 15.7. The molecule has 5 nitrogen and oxygen atoms in total. The molecule has 0 saturated carbocycles. The van der Waals surface area contributed by atoms with E-state index < -0.39 is 6.10 Å². The summed E-state index contributed by atoms with van der Waals surface area (Å²) in [7, 11) is 1.63. The van der Waals surface area contributed by atoms with Gasteiger partial charge >= 0.3 is 0 Å². The molecule has 104 valence electrons. The zero-order valence-corrected chi connectivity index (χ0v) is 11.4. The van der Waals surface area contributed by atoms with Crippen LogP contribution in [0, 0.1) is 0 Å². The second-order valence-electron chi connectivity index (χ2n) is 4.38. The molecule has 2 unspecified atom stereocenters. The Bertz CT molecular complexity index is 167. The number of aliphatic hydroxyl groups is 1. The first-order valence-corrected chi connectivity index (χ1v) is 6.17. The van der Waals surface area contributed by atoms with E-state index in [1.807, 2.05) is 20.8 Å². The zero-order chi connectivity index (χ0) is 13.1. The van der Waals surface area contributed by atoms with Gasteiger partial charge in [-0.25, -0.2) is 0 Å². The van der Waals surface area contributed by atoms with Gasteiger partial charge in [0, 0.05) is 20.2 Å². The summed E-state index contributed by atoms with van der Waals surface area (Å²) in [5.41, 5.74) is 0. The molecule has 0 aliphatic heterocycles. The third-order valence-electron chi connectivity index (χ3n) is 2.08. The molecule has 0 aromatic heterocycles. The third-order valence-corrected chi connectivity index (χ3v) is 2.08. The van der Waals surface area contributed by atoms with Crippen LogP contribution in [-0.4, -0.2) is 63.4 Å². The molecular weight excluding hydrogens is 222 g/mol. The summed E-state index contributed by atoms with van der Waals surface area (Å²) in [5, 5.41) is 12.7. The Hall–Kier alpha value is -0.200. The highest BCUT2D eigenvalue weighted by molar-refractivity contribution is 4.59. The first kappa shape index (κ1) is 16.8. The van der Waals surface area contributed by atoms with Crippen LogP contribution in [0.15, 0.2) is 0 Å². The van der Waals surface area contributed by atoms with E-state index in [4.69, 9.17) is 14.2 Å². The zero-order valence-electron chi connectivity index (χ0n) is 11.4. The van der Waals surface area contributed by atoms with Gasteiger partial charge in [0.05, 0.1) is 38.1 Å². The van der Waals surface area contributed by atoms with Crippen molar-refractivity contribution in [3.63, 3.8) is 0 Å². The number of aliphatic hydroxyl groups excluding tert-OH is 1. The van der Waals surface area contributed by atoms with Gasteiger partial charge in [0.25, 0.3) is 0 Å². The van der Waals surface area contributed by atoms with Crippen molar-refractivity contribution in [2.24, 2.45) is 0 Å². The average molecular weight is 249 g/mol. The molecule has 0 rings (SSSR count). The Labute approximate surface area is 104 Å². The number of rotatable bonds is 11. The van der Waals surface area contributed by atoms with E-state index in [0.717, 1.165) is 6.54 Å². The van der Waals surface area contributed by atoms with Gasteiger partial charge in [0.1, 0.15) is 0 Å². The Morgan fingerprint density at radius 2 is 1.82 bits per heavy atom. The molecule has 0 bridgehead atoms. The minimum Gasteiger partial charge on any atom is -0.389 e. The second-order valence-corrected chi connectivity index (χ2v) is 4.38. The predicted molar refractivity (Wildman–Crippen MR) is 67.3 cm³/mol. The van der Waals surface area contributed by atoms with Crippen molar-refractivity contribution in [2.75, 3.05) is 40.0 Å². The van der Waals surface area contributed by atoms with Crippen molar-refractivity contribution in [3.8, 4) is 0 Å². The van der Waals surface area contributed by atoms with Gasteiger partial charge in [0.2, 0.25) is 0 Å². The van der Waals surface area contributed by atoms with Crippen LogP contribution in [0.5, 0.6) is 0 Å². The fraction of sp³-hybridized carbons (Fsp3) is 1.00. The van der Waals surface area contributed by atoms with Crippen molar-refractivity contribution in [1.82, 2.24) is 5.32 Å². The van der Waals surface area contributed by atoms with Gasteiger partial charge in [-0.1, -0.05) is 0 Å². The van der Waals surface area contributed by atoms with Gasteiger partial charge in [-0.05, 0) is 20.8 Å². The van der Waals surface area contributed by atoms with Crippen LogP contribution in [0.1, 0.15) is 20.8 Å². The maximum absolute atomic E-state index is 9.61.